The van der Waals surface area contributed by atoms with E-state index in [1.807, 2.05) is 44.3 Å². The topological polar surface area (TPSA) is 43.8 Å². The van der Waals surface area contributed by atoms with Gasteiger partial charge in [0.25, 0.3) is 0 Å². The fraction of sp³-hybridized carbons (Fsp3) is 0.562. The number of amides is 1. The molecule has 0 aliphatic heterocycles. The lowest BCUT2D eigenvalue weighted by atomic mass is 10.1. The first-order chi connectivity index (χ1) is 9.63. The van der Waals surface area contributed by atoms with Crippen molar-refractivity contribution in [2.75, 3.05) is 26.7 Å². The molecule has 2 rings (SSSR count). The minimum Gasteiger partial charge on any atom is -0.395 e. The summed E-state index contributed by atoms with van der Waals surface area (Å²) in [5.74, 6) is 0.113. The van der Waals surface area contributed by atoms with Gasteiger partial charge in [-0.1, -0.05) is 30.3 Å². The molecule has 0 bridgehead atoms. The zero-order valence-corrected chi connectivity index (χ0v) is 12.3. The van der Waals surface area contributed by atoms with Crippen LogP contribution in [0.4, 0.5) is 0 Å². The smallest absolute Gasteiger partial charge is 0.237 e. The molecular weight excluding hydrogens is 252 g/mol. The molecule has 4 nitrogen and oxygen atoms in total. The Hall–Kier alpha value is -1.39. The lowest BCUT2D eigenvalue weighted by Crippen LogP contribution is -2.41. The summed E-state index contributed by atoms with van der Waals surface area (Å²) < 4.78 is 0. The first-order valence-corrected chi connectivity index (χ1v) is 7.29. The Labute approximate surface area is 121 Å². The molecule has 1 amide bonds. The summed E-state index contributed by atoms with van der Waals surface area (Å²) in [6, 6.07) is 10.6. The number of likely N-dealkylation sites (N-methyl/N-ethyl adjacent to an activating group) is 1. The van der Waals surface area contributed by atoms with Crippen LogP contribution in [0, 0.1) is 0 Å². The van der Waals surface area contributed by atoms with E-state index in [2.05, 4.69) is 4.90 Å². The summed E-state index contributed by atoms with van der Waals surface area (Å²) in [7, 11) is 1.85. The maximum Gasteiger partial charge on any atom is 0.237 e. The molecule has 0 aromatic heterocycles. The molecule has 1 N–H and O–H groups in total. The zero-order valence-electron chi connectivity index (χ0n) is 12.3. The Morgan fingerprint density at radius 1 is 1.35 bits per heavy atom. The van der Waals surface area contributed by atoms with E-state index in [0.717, 1.165) is 18.4 Å². The van der Waals surface area contributed by atoms with Crippen LogP contribution in [0.1, 0.15) is 31.4 Å². The number of carbonyl (C=O) groups is 1. The third kappa shape index (κ3) is 3.81. The molecule has 0 spiro atoms. The summed E-state index contributed by atoms with van der Waals surface area (Å²) >= 11 is 0. The fourth-order valence-electron chi connectivity index (χ4n) is 2.42. The second-order valence-corrected chi connectivity index (χ2v) is 5.52. The lowest BCUT2D eigenvalue weighted by molar-refractivity contribution is -0.133. The van der Waals surface area contributed by atoms with E-state index < -0.39 is 0 Å². The van der Waals surface area contributed by atoms with Gasteiger partial charge in [-0.15, -0.1) is 0 Å². The highest BCUT2D eigenvalue weighted by molar-refractivity contribution is 5.78. The molecule has 110 valence electrons. The van der Waals surface area contributed by atoms with Crippen LogP contribution in [0.5, 0.6) is 0 Å². The van der Waals surface area contributed by atoms with Crippen LogP contribution in [0.2, 0.25) is 0 Å². The molecule has 1 aromatic rings. The summed E-state index contributed by atoms with van der Waals surface area (Å²) in [4.78, 5) is 16.3. The summed E-state index contributed by atoms with van der Waals surface area (Å²) in [6.45, 7) is 3.14. The van der Waals surface area contributed by atoms with Gasteiger partial charge in [-0.3, -0.25) is 9.69 Å². The van der Waals surface area contributed by atoms with Gasteiger partial charge in [0, 0.05) is 19.6 Å². The van der Waals surface area contributed by atoms with Crippen molar-refractivity contribution in [3.05, 3.63) is 35.9 Å². The van der Waals surface area contributed by atoms with Crippen molar-refractivity contribution < 1.29 is 9.90 Å². The SMILES string of the molecule is CC(c1ccccc1)N(C)C(=O)CN(CCO)C1CC1. The average molecular weight is 276 g/mol. The van der Waals surface area contributed by atoms with E-state index in [1.54, 1.807) is 4.90 Å². The van der Waals surface area contributed by atoms with Gasteiger partial charge in [-0.25, -0.2) is 0 Å². The molecule has 0 radical (unpaired) electrons. The van der Waals surface area contributed by atoms with Crippen LogP contribution in [-0.2, 0) is 4.79 Å². The van der Waals surface area contributed by atoms with E-state index in [0.29, 0.717) is 19.1 Å². The molecule has 0 heterocycles. The summed E-state index contributed by atoms with van der Waals surface area (Å²) in [6.07, 6.45) is 2.29. The van der Waals surface area contributed by atoms with Gasteiger partial charge in [0.15, 0.2) is 0 Å². The maximum atomic E-state index is 12.4. The van der Waals surface area contributed by atoms with Crippen molar-refractivity contribution in [2.24, 2.45) is 0 Å². The van der Waals surface area contributed by atoms with E-state index in [-0.39, 0.29) is 18.6 Å². The van der Waals surface area contributed by atoms with Crippen molar-refractivity contribution in [2.45, 2.75) is 31.8 Å². The number of rotatable bonds is 7. The minimum atomic E-state index is 0.0684. The molecule has 0 saturated heterocycles. The van der Waals surface area contributed by atoms with Crippen molar-refractivity contribution >= 4 is 5.91 Å². The van der Waals surface area contributed by atoms with Crippen molar-refractivity contribution in [3.8, 4) is 0 Å². The molecule has 20 heavy (non-hydrogen) atoms. The predicted octanol–water partition coefficient (Wildman–Crippen LogP) is 1.66. The van der Waals surface area contributed by atoms with E-state index in [4.69, 9.17) is 5.11 Å². The number of aliphatic hydroxyl groups is 1. The molecule has 1 aromatic carbocycles. The van der Waals surface area contributed by atoms with Crippen LogP contribution < -0.4 is 0 Å². The van der Waals surface area contributed by atoms with E-state index in [9.17, 15) is 4.79 Å². The quantitative estimate of drug-likeness (QED) is 0.824. The fourth-order valence-corrected chi connectivity index (χ4v) is 2.42. The number of hydrogen-bond donors (Lipinski definition) is 1. The molecule has 4 heteroatoms. The number of hydrogen-bond acceptors (Lipinski definition) is 3. The predicted molar refractivity (Wildman–Crippen MR) is 79.3 cm³/mol. The van der Waals surface area contributed by atoms with Gasteiger partial charge >= 0.3 is 0 Å². The third-order valence-corrected chi connectivity index (χ3v) is 4.05. The Balaban J connectivity index is 1.93. The number of benzene rings is 1. The van der Waals surface area contributed by atoms with Crippen molar-refractivity contribution in [1.82, 2.24) is 9.80 Å². The molecular formula is C16H24N2O2. The third-order valence-electron chi connectivity index (χ3n) is 4.05. The largest absolute Gasteiger partial charge is 0.395 e. The van der Waals surface area contributed by atoms with Crippen LogP contribution in [0.3, 0.4) is 0 Å². The van der Waals surface area contributed by atoms with Crippen molar-refractivity contribution in [3.63, 3.8) is 0 Å². The van der Waals surface area contributed by atoms with Gasteiger partial charge in [0.1, 0.15) is 0 Å². The molecule has 1 saturated carbocycles. The highest BCUT2D eigenvalue weighted by atomic mass is 16.3. The average Bonchev–Trinajstić information content (AvgIpc) is 3.30. The lowest BCUT2D eigenvalue weighted by Gasteiger charge is -2.28. The van der Waals surface area contributed by atoms with Gasteiger partial charge < -0.3 is 10.0 Å². The number of nitrogens with zero attached hydrogens (tertiary/aromatic N) is 2. The Morgan fingerprint density at radius 2 is 2.00 bits per heavy atom. The van der Waals surface area contributed by atoms with Gasteiger partial charge in [-0.2, -0.15) is 0 Å². The molecule has 1 aliphatic rings. The van der Waals surface area contributed by atoms with E-state index >= 15 is 0 Å². The number of aliphatic hydroxyl groups excluding tert-OH is 1. The highest BCUT2D eigenvalue weighted by Gasteiger charge is 2.31. The van der Waals surface area contributed by atoms with Crippen LogP contribution in [0.15, 0.2) is 30.3 Å². The Bertz CT molecular complexity index is 431. The molecule has 1 fully saturated rings. The molecule has 1 unspecified atom stereocenters. The summed E-state index contributed by atoms with van der Waals surface area (Å²) in [5, 5.41) is 9.09. The zero-order chi connectivity index (χ0) is 14.5. The minimum absolute atomic E-state index is 0.0684. The normalized spacial score (nSPS) is 16.2. The number of carbonyl (C=O) groups excluding carboxylic acids is 1. The Kier molecular flexibility index (Phi) is 5.15. The van der Waals surface area contributed by atoms with Gasteiger partial charge in [0.05, 0.1) is 19.2 Å². The van der Waals surface area contributed by atoms with Crippen LogP contribution >= 0.6 is 0 Å². The highest BCUT2D eigenvalue weighted by Crippen LogP contribution is 2.27. The van der Waals surface area contributed by atoms with Crippen molar-refractivity contribution in [1.29, 1.82) is 0 Å². The van der Waals surface area contributed by atoms with Crippen LogP contribution in [0.25, 0.3) is 0 Å². The second kappa shape index (κ2) is 6.86. The first kappa shape index (κ1) is 15.0. The summed E-state index contributed by atoms with van der Waals surface area (Å²) in [5.41, 5.74) is 1.14. The van der Waals surface area contributed by atoms with Gasteiger partial charge in [-0.05, 0) is 25.3 Å². The molecule has 1 aliphatic carbocycles. The van der Waals surface area contributed by atoms with Gasteiger partial charge in [0.2, 0.25) is 5.91 Å². The second-order valence-electron chi connectivity index (χ2n) is 5.52. The van der Waals surface area contributed by atoms with Crippen LogP contribution in [-0.4, -0.2) is 53.6 Å². The Morgan fingerprint density at radius 3 is 2.55 bits per heavy atom. The standard InChI is InChI=1S/C16H24N2O2/c1-13(14-6-4-3-5-7-14)17(2)16(20)12-18(10-11-19)15-8-9-15/h3-7,13,15,19H,8-12H2,1-2H3. The maximum absolute atomic E-state index is 12.4. The monoisotopic (exact) mass is 276 g/mol. The van der Waals surface area contributed by atoms with E-state index in [1.165, 1.54) is 0 Å². The first-order valence-electron chi connectivity index (χ1n) is 7.29. The molecule has 1 atom stereocenters.